The first-order valence-corrected chi connectivity index (χ1v) is 10.6. The Kier molecular flexibility index (Phi) is 4.27. The Bertz CT molecular complexity index is 1120. The van der Waals surface area contributed by atoms with Crippen molar-refractivity contribution < 1.29 is 4.79 Å². The summed E-state index contributed by atoms with van der Waals surface area (Å²) in [6.45, 7) is 4.01. The quantitative estimate of drug-likeness (QED) is 0.599. The van der Waals surface area contributed by atoms with Crippen LogP contribution in [0.2, 0.25) is 10.0 Å². The van der Waals surface area contributed by atoms with Gasteiger partial charge in [-0.15, -0.1) is 0 Å². The number of hydrogen-bond donors (Lipinski definition) is 1. The summed E-state index contributed by atoms with van der Waals surface area (Å²) in [5.74, 6) is 0.933. The second-order valence-electron chi connectivity index (χ2n) is 8.47. The van der Waals surface area contributed by atoms with Crippen LogP contribution < -0.4 is 5.32 Å². The van der Waals surface area contributed by atoms with Crippen LogP contribution in [0, 0.1) is 5.92 Å². The Morgan fingerprint density at radius 1 is 1.17 bits per heavy atom. The van der Waals surface area contributed by atoms with Gasteiger partial charge in [-0.2, -0.15) is 5.10 Å². The maximum Gasteiger partial charge on any atom is 0.272 e. The van der Waals surface area contributed by atoms with Crippen LogP contribution in [0.3, 0.4) is 0 Å². The first-order valence-electron chi connectivity index (χ1n) is 9.80. The SMILES string of the molecule is CC(C)(NC(=O)c1nn(-c2ccc(Cl)cc2Cl)c2c1C[C@H]1C[C@@H]21)c1ccccc1. The van der Waals surface area contributed by atoms with Crippen molar-refractivity contribution in [3.8, 4) is 5.69 Å². The molecule has 6 heteroatoms. The number of carbonyl (C=O) groups excluding carboxylic acids is 1. The van der Waals surface area contributed by atoms with Crippen LogP contribution in [-0.2, 0) is 12.0 Å². The summed E-state index contributed by atoms with van der Waals surface area (Å²) >= 11 is 12.5. The third-order valence-corrected chi connectivity index (χ3v) is 6.58. The fourth-order valence-corrected chi connectivity index (χ4v) is 4.89. The van der Waals surface area contributed by atoms with E-state index in [4.69, 9.17) is 28.3 Å². The van der Waals surface area contributed by atoms with Gasteiger partial charge in [0.2, 0.25) is 0 Å². The molecule has 1 saturated carbocycles. The molecule has 1 heterocycles. The lowest BCUT2D eigenvalue weighted by molar-refractivity contribution is 0.0905. The van der Waals surface area contributed by atoms with Crippen molar-refractivity contribution >= 4 is 29.1 Å². The second kappa shape index (κ2) is 6.61. The molecule has 2 aliphatic rings. The molecule has 1 amide bonds. The summed E-state index contributed by atoms with van der Waals surface area (Å²) in [5, 5.41) is 9.00. The van der Waals surface area contributed by atoms with E-state index in [2.05, 4.69) is 5.32 Å². The van der Waals surface area contributed by atoms with Gasteiger partial charge in [0.1, 0.15) is 0 Å². The number of aromatic nitrogens is 2. The number of rotatable bonds is 4. The molecule has 2 aromatic carbocycles. The van der Waals surface area contributed by atoms with E-state index in [0.29, 0.717) is 27.6 Å². The number of halogens is 2. The van der Waals surface area contributed by atoms with E-state index in [1.165, 1.54) is 0 Å². The Morgan fingerprint density at radius 2 is 1.93 bits per heavy atom. The zero-order valence-electron chi connectivity index (χ0n) is 16.2. The summed E-state index contributed by atoms with van der Waals surface area (Å²) in [6, 6.07) is 15.3. The fraction of sp³-hybridized carbons (Fsp3) is 0.304. The molecule has 0 bridgehead atoms. The van der Waals surface area contributed by atoms with E-state index in [-0.39, 0.29) is 5.91 Å². The summed E-state index contributed by atoms with van der Waals surface area (Å²) in [4.78, 5) is 13.3. The molecule has 2 atom stereocenters. The van der Waals surface area contributed by atoms with Crippen LogP contribution in [0.25, 0.3) is 5.69 Å². The van der Waals surface area contributed by atoms with Gasteiger partial charge < -0.3 is 5.32 Å². The number of carbonyl (C=O) groups is 1. The third-order valence-electron chi connectivity index (χ3n) is 6.04. The molecule has 3 aromatic rings. The first-order chi connectivity index (χ1) is 13.8. The van der Waals surface area contributed by atoms with E-state index < -0.39 is 5.54 Å². The van der Waals surface area contributed by atoms with E-state index in [1.54, 1.807) is 12.1 Å². The zero-order valence-corrected chi connectivity index (χ0v) is 17.8. The lowest BCUT2D eigenvalue weighted by atomic mass is 9.94. The molecule has 0 saturated heterocycles. The van der Waals surface area contributed by atoms with Crippen molar-refractivity contribution in [3.05, 3.63) is 81.1 Å². The number of hydrogen-bond acceptors (Lipinski definition) is 2. The molecule has 1 aromatic heterocycles. The predicted octanol–water partition coefficient (Wildman–Crippen LogP) is 5.50. The molecule has 0 spiro atoms. The minimum Gasteiger partial charge on any atom is -0.342 e. The van der Waals surface area contributed by atoms with Gasteiger partial charge in [-0.05, 0) is 56.4 Å². The minimum atomic E-state index is -0.506. The average molecular weight is 426 g/mol. The molecule has 29 heavy (non-hydrogen) atoms. The maximum atomic E-state index is 13.3. The summed E-state index contributed by atoms with van der Waals surface area (Å²) < 4.78 is 1.86. The summed E-state index contributed by atoms with van der Waals surface area (Å²) in [6.07, 6.45) is 2.06. The highest BCUT2D eigenvalue weighted by Crippen LogP contribution is 2.57. The van der Waals surface area contributed by atoms with Gasteiger partial charge in [0.15, 0.2) is 5.69 Å². The molecule has 0 aliphatic heterocycles. The van der Waals surface area contributed by atoms with Gasteiger partial charge in [0, 0.05) is 16.5 Å². The molecule has 5 rings (SSSR count). The zero-order chi connectivity index (χ0) is 20.3. The number of nitrogens with one attached hydrogen (secondary N) is 1. The maximum absolute atomic E-state index is 13.3. The van der Waals surface area contributed by atoms with E-state index in [9.17, 15) is 4.79 Å². The Balaban J connectivity index is 1.53. The molecule has 2 aliphatic carbocycles. The second-order valence-corrected chi connectivity index (χ2v) is 9.32. The van der Waals surface area contributed by atoms with Gasteiger partial charge in [-0.3, -0.25) is 4.79 Å². The Hall–Kier alpha value is -2.30. The molecule has 4 nitrogen and oxygen atoms in total. The van der Waals surface area contributed by atoms with Crippen molar-refractivity contribution in [3.63, 3.8) is 0 Å². The third kappa shape index (κ3) is 3.15. The molecular formula is C23H21Cl2N3O. The highest BCUT2D eigenvalue weighted by Gasteiger charge is 2.50. The van der Waals surface area contributed by atoms with Gasteiger partial charge in [-0.1, -0.05) is 53.5 Å². The largest absolute Gasteiger partial charge is 0.342 e. The van der Waals surface area contributed by atoms with Gasteiger partial charge in [0.05, 0.1) is 21.9 Å². The smallest absolute Gasteiger partial charge is 0.272 e. The molecule has 0 unspecified atom stereocenters. The summed E-state index contributed by atoms with van der Waals surface area (Å²) in [7, 11) is 0. The molecular weight excluding hydrogens is 405 g/mol. The molecule has 0 radical (unpaired) electrons. The highest BCUT2D eigenvalue weighted by atomic mass is 35.5. The predicted molar refractivity (Wildman–Crippen MR) is 115 cm³/mol. The Labute approximate surface area is 179 Å². The standard InChI is InChI=1S/C23H21Cl2N3O/c1-23(2,14-6-4-3-5-7-14)26-22(29)20-17-11-13-10-16(13)21(17)28(27-20)19-9-8-15(24)12-18(19)25/h3-9,12-13,16H,10-11H2,1-2H3,(H,26,29)/t13-,16-/m1/s1. The van der Waals surface area contributed by atoms with Crippen LogP contribution in [0.4, 0.5) is 0 Å². The fourth-order valence-electron chi connectivity index (χ4n) is 4.40. The summed E-state index contributed by atoms with van der Waals surface area (Å²) in [5.41, 5.74) is 3.99. The van der Waals surface area contributed by atoms with Gasteiger partial charge in [-0.25, -0.2) is 4.68 Å². The van der Waals surface area contributed by atoms with E-state index in [1.807, 2.05) is 54.9 Å². The van der Waals surface area contributed by atoms with E-state index >= 15 is 0 Å². The lowest BCUT2D eigenvalue weighted by Gasteiger charge is -2.26. The van der Waals surface area contributed by atoms with Crippen molar-refractivity contribution in [1.82, 2.24) is 15.1 Å². The van der Waals surface area contributed by atoms with Gasteiger partial charge >= 0.3 is 0 Å². The van der Waals surface area contributed by atoms with Crippen molar-refractivity contribution in [2.75, 3.05) is 0 Å². The van der Waals surface area contributed by atoms with Crippen molar-refractivity contribution in [2.45, 2.75) is 38.1 Å². The van der Waals surface area contributed by atoms with Crippen molar-refractivity contribution in [1.29, 1.82) is 0 Å². The number of benzene rings is 2. The topological polar surface area (TPSA) is 46.9 Å². The van der Waals surface area contributed by atoms with E-state index in [0.717, 1.165) is 35.3 Å². The molecule has 1 fully saturated rings. The lowest BCUT2D eigenvalue weighted by Crippen LogP contribution is -2.41. The van der Waals surface area contributed by atoms with Gasteiger partial charge in [0.25, 0.3) is 5.91 Å². The monoisotopic (exact) mass is 425 g/mol. The number of fused-ring (bicyclic) bond motifs is 3. The van der Waals surface area contributed by atoms with Crippen LogP contribution >= 0.6 is 23.2 Å². The molecule has 1 N–H and O–H groups in total. The normalized spacial score (nSPS) is 19.6. The Morgan fingerprint density at radius 3 is 2.66 bits per heavy atom. The number of nitrogens with zero attached hydrogens (tertiary/aromatic N) is 2. The van der Waals surface area contributed by atoms with Crippen LogP contribution in [-0.4, -0.2) is 15.7 Å². The van der Waals surface area contributed by atoms with Crippen molar-refractivity contribution in [2.24, 2.45) is 5.92 Å². The molecule has 148 valence electrons. The minimum absolute atomic E-state index is 0.153. The first kappa shape index (κ1) is 18.7. The average Bonchev–Trinajstić information content (AvgIpc) is 3.18. The van der Waals surface area contributed by atoms with Crippen LogP contribution in [0.5, 0.6) is 0 Å². The highest BCUT2D eigenvalue weighted by molar-refractivity contribution is 6.35. The van der Waals surface area contributed by atoms with Crippen LogP contribution in [0.15, 0.2) is 48.5 Å². The number of amides is 1. The van der Waals surface area contributed by atoms with Crippen LogP contribution in [0.1, 0.15) is 53.5 Å².